The summed E-state index contributed by atoms with van der Waals surface area (Å²) in [5.41, 5.74) is -7.30. The topological polar surface area (TPSA) is 72.5 Å². The number of rotatable bonds is 13. The quantitative estimate of drug-likeness (QED) is 0.174. The fourth-order valence-electron chi connectivity index (χ4n) is 3.87. The van der Waals surface area contributed by atoms with Gasteiger partial charge in [0.1, 0.15) is 0 Å². The van der Waals surface area contributed by atoms with Crippen molar-refractivity contribution in [3.63, 3.8) is 0 Å². The number of aryl methyl sites for hydroxylation is 1. The van der Waals surface area contributed by atoms with E-state index in [9.17, 15) is 61.5 Å². The molecule has 1 atom stereocenters. The molecule has 5 nitrogen and oxygen atoms in total. The van der Waals surface area contributed by atoms with Gasteiger partial charge in [-0.05, 0) is 54.7 Å². The maximum absolute atomic E-state index is 14.5. The van der Waals surface area contributed by atoms with Gasteiger partial charge in [-0.15, -0.1) is 0 Å². The van der Waals surface area contributed by atoms with Crippen LogP contribution in [-0.4, -0.2) is 51.4 Å². The van der Waals surface area contributed by atoms with E-state index in [2.05, 4.69) is 4.74 Å². The molecule has 0 radical (unpaired) electrons. The Bertz CT molecular complexity index is 1330. The predicted molar refractivity (Wildman–Crippen MR) is 131 cm³/mol. The second kappa shape index (κ2) is 13.1. The monoisotopic (exact) mass is 677 g/mol. The van der Waals surface area contributed by atoms with Gasteiger partial charge in [0, 0.05) is 23.9 Å². The molecule has 1 N–H and O–H groups in total. The van der Waals surface area contributed by atoms with Crippen molar-refractivity contribution in [3.8, 4) is 0 Å². The Kier molecular flexibility index (Phi) is 11.2. The lowest BCUT2D eigenvalue weighted by Gasteiger charge is -2.40. The highest BCUT2D eigenvalue weighted by molar-refractivity contribution is 7.89. The fraction of sp³-hybridized carbons (Fsp3) is 0.480. The normalized spacial score (nSPS) is 14.4. The Balaban J connectivity index is 2.44. The van der Waals surface area contributed by atoms with Gasteiger partial charge in [0.05, 0.1) is 12.0 Å². The molecule has 2 rings (SSSR count). The van der Waals surface area contributed by atoms with Crippen LogP contribution in [0.4, 0.5) is 48.3 Å². The van der Waals surface area contributed by atoms with Crippen molar-refractivity contribution in [2.24, 2.45) is 0 Å². The summed E-state index contributed by atoms with van der Waals surface area (Å²) in [5.74, 6) is -14.1. The van der Waals surface area contributed by atoms with Crippen molar-refractivity contribution < 1.29 is 66.2 Å². The maximum Gasteiger partial charge on any atom is 0.438 e. The van der Waals surface area contributed by atoms with Crippen molar-refractivity contribution in [1.82, 2.24) is 4.72 Å². The SMILES string of the molecule is COC(=O)CCCc1ccc(C(CCC(F)(F)C(F)(F)C(F)(C(F)(F)F)C(F)(F)F)NS(=O)(=O)c2ccc(Cl)cc2)cc1. The summed E-state index contributed by atoms with van der Waals surface area (Å²) in [6.07, 6.45) is -18.4. The largest absolute Gasteiger partial charge is 0.469 e. The highest BCUT2D eigenvalue weighted by atomic mass is 35.5. The van der Waals surface area contributed by atoms with Crippen molar-refractivity contribution in [2.75, 3.05) is 7.11 Å². The minimum Gasteiger partial charge on any atom is -0.469 e. The number of nitrogens with one attached hydrogen (secondary N) is 1. The van der Waals surface area contributed by atoms with Crippen molar-refractivity contribution in [3.05, 3.63) is 64.7 Å². The molecule has 2 aromatic rings. The smallest absolute Gasteiger partial charge is 0.438 e. The van der Waals surface area contributed by atoms with E-state index in [1.807, 2.05) is 4.72 Å². The Labute approximate surface area is 243 Å². The summed E-state index contributed by atoms with van der Waals surface area (Å²) in [6, 6.07) is 7.23. The van der Waals surface area contributed by atoms with Gasteiger partial charge < -0.3 is 4.74 Å². The Morgan fingerprint density at radius 2 is 1.37 bits per heavy atom. The van der Waals surface area contributed by atoms with Crippen LogP contribution in [-0.2, 0) is 26.0 Å². The van der Waals surface area contributed by atoms with E-state index in [-0.39, 0.29) is 23.4 Å². The molecule has 0 aliphatic carbocycles. The van der Waals surface area contributed by atoms with E-state index >= 15 is 0 Å². The lowest BCUT2D eigenvalue weighted by atomic mass is 9.87. The molecular weight excluding hydrogens is 655 g/mol. The van der Waals surface area contributed by atoms with Gasteiger partial charge in [0.2, 0.25) is 10.0 Å². The number of hydrogen-bond donors (Lipinski definition) is 1. The number of carbonyl (C=O) groups is 1. The Hall–Kier alpha value is -2.66. The number of halogens is 12. The molecule has 0 fully saturated rings. The van der Waals surface area contributed by atoms with Gasteiger partial charge in [-0.1, -0.05) is 35.9 Å². The first-order valence-corrected chi connectivity index (χ1v) is 13.9. The fourth-order valence-corrected chi connectivity index (χ4v) is 5.25. The summed E-state index contributed by atoms with van der Waals surface area (Å²) in [6.45, 7) is 0. The Morgan fingerprint density at radius 3 is 1.84 bits per heavy atom. The first-order valence-electron chi connectivity index (χ1n) is 12.0. The number of esters is 1. The van der Waals surface area contributed by atoms with Crippen LogP contribution in [0.15, 0.2) is 53.4 Å². The van der Waals surface area contributed by atoms with Gasteiger partial charge in [-0.25, -0.2) is 17.5 Å². The molecule has 18 heteroatoms. The van der Waals surface area contributed by atoms with Crippen LogP contribution in [0, 0.1) is 0 Å². The molecule has 0 spiro atoms. The number of alkyl halides is 11. The molecule has 2 aromatic carbocycles. The Morgan fingerprint density at radius 1 is 0.860 bits per heavy atom. The number of hydrogen-bond acceptors (Lipinski definition) is 4. The zero-order valence-electron chi connectivity index (χ0n) is 21.8. The number of sulfonamides is 1. The zero-order chi connectivity index (χ0) is 33.1. The summed E-state index contributed by atoms with van der Waals surface area (Å²) < 4.78 is 181. The third-order valence-corrected chi connectivity index (χ3v) is 8.04. The van der Waals surface area contributed by atoms with Crippen LogP contribution >= 0.6 is 11.6 Å². The van der Waals surface area contributed by atoms with Crippen molar-refractivity contribution in [2.45, 2.75) is 72.9 Å². The number of carbonyl (C=O) groups excluding carboxylic acids is 1. The molecule has 0 heterocycles. The average Bonchev–Trinajstić information content (AvgIpc) is 2.89. The summed E-state index contributed by atoms with van der Waals surface area (Å²) in [7, 11) is -3.50. The summed E-state index contributed by atoms with van der Waals surface area (Å²) >= 11 is 5.70. The number of benzene rings is 2. The van der Waals surface area contributed by atoms with Crippen molar-refractivity contribution in [1.29, 1.82) is 0 Å². The maximum atomic E-state index is 14.5. The molecule has 0 aliphatic heterocycles. The third-order valence-electron chi connectivity index (χ3n) is 6.30. The highest BCUT2D eigenvalue weighted by Gasteiger charge is 2.89. The molecule has 0 saturated carbocycles. The summed E-state index contributed by atoms with van der Waals surface area (Å²) in [4.78, 5) is 10.7. The molecular formula is C25H23ClF11NO4S. The predicted octanol–water partition coefficient (Wildman–Crippen LogP) is 7.74. The van der Waals surface area contributed by atoms with Crippen LogP contribution in [0.25, 0.3) is 0 Å². The minimum atomic E-state index is -7.62. The van der Waals surface area contributed by atoms with Gasteiger partial charge in [-0.2, -0.15) is 43.9 Å². The van der Waals surface area contributed by atoms with Crippen LogP contribution in [0.1, 0.15) is 42.9 Å². The van der Waals surface area contributed by atoms with Crippen molar-refractivity contribution >= 4 is 27.6 Å². The van der Waals surface area contributed by atoms with Crippen LogP contribution in [0.5, 0.6) is 0 Å². The highest BCUT2D eigenvalue weighted by Crippen LogP contribution is 2.60. The van der Waals surface area contributed by atoms with Crippen LogP contribution in [0.2, 0.25) is 5.02 Å². The van der Waals surface area contributed by atoms with E-state index in [0.717, 1.165) is 36.4 Å². The van der Waals surface area contributed by atoms with E-state index in [0.29, 0.717) is 12.0 Å². The lowest BCUT2D eigenvalue weighted by Crippen LogP contribution is -2.70. The molecule has 0 saturated heterocycles. The van der Waals surface area contributed by atoms with Crippen LogP contribution < -0.4 is 4.72 Å². The van der Waals surface area contributed by atoms with E-state index < -0.39 is 69.6 Å². The summed E-state index contributed by atoms with van der Waals surface area (Å²) in [5, 5.41) is 0.0872. The standard InChI is InChI=1S/C25H23ClF11NO4S/c1-42-20(39)4-2-3-15-5-7-16(8-6-15)19(38-43(40,41)18-11-9-17(26)10-12-18)13-14-21(27,28)23(30,31)22(29,24(32,33)34)25(35,36)37/h5-12,19,38H,2-4,13-14H2,1H3. The molecule has 0 bridgehead atoms. The van der Waals surface area contributed by atoms with Gasteiger partial charge in [0.15, 0.2) is 0 Å². The zero-order valence-corrected chi connectivity index (χ0v) is 23.4. The molecule has 43 heavy (non-hydrogen) atoms. The molecule has 0 aliphatic rings. The third kappa shape index (κ3) is 8.09. The first kappa shape index (κ1) is 36.5. The second-order valence-corrected chi connectivity index (χ2v) is 11.4. The lowest BCUT2D eigenvalue weighted by molar-refractivity contribution is -0.427. The van der Waals surface area contributed by atoms with E-state index in [1.165, 1.54) is 19.2 Å². The minimum absolute atomic E-state index is 0.0248. The van der Waals surface area contributed by atoms with Crippen LogP contribution in [0.3, 0.4) is 0 Å². The molecule has 0 aromatic heterocycles. The van der Waals surface area contributed by atoms with Gasteiger partial charge >= 0.3 is 35.8 Å². The van der Waals surface area contributed by atoms with Gasteiger partial charge in [0.25, 0.3) is 0 Å². The second-order valence-electron chi connectivity index (χ2n) is 9.27. The average molecular weight is 678 g/mol. The van der Waals surface area contributed by atoms with E-state index in [4.69, 9.17) is 11.6 Å². The molecule has 242 valence electrons. The number of methoxy groups -OCH3 is 1. The molecule has 0 amide bonds. The number of ether oxygens (including phenoxy) is 1. The van der Waals surface area contributed by atoms with E-state index in [1.54, 1.807) is 0 Å². The van der Waals surface area contributed by atoms with Gasteiger partial charge in [-0.3, -0.25) is 4.79 Å². The molecule has 1 unspecified atom stereocenters. The first-order chi connectivity index (χ1) is 19.5.